The predicted octanol–water partition coefficient (Wildman–Crippen LogP) is 3.71. The number of rotatable bonds is 7. The van der Waals surface area contributed by atoms with E-state index in [1.165, 1.54) is 7.05 Å². The first kappa shape index (κ1) is 21.5. The molecule has 0 saturated heterocycles. The number of aromatic nitrogens is 2. The van der Waals surface area contributed by atoms with Crippen molar-refractivity contribution in [2.45, 2.75) is 38.8 Å². The van der Waals surface area contributed by atoms with Crippen LogP contribution in [0.15, 0.2) is 30.5 Å². The molecule has 2 rings (SSSR count). The molecular formula is C19H23F3N4O2. The molecule has 9 heteroatoms. The third-order valence-corrected chi connectivity index (χ3v) is 4.07. The number of nitrogens with zero attached hydrogens (tertiary/aromatic N) is 2. The van der Waals surface area contributed by atoms with Crippen LogP contribution in [0.5, 0.6) is 0 Å². The number of aryl methyl sites for hydroxylation is 1. The maximum absolute atomic E-state index is 12.9. The van der Waals surface area contributed by atoms with E-state index in [1.807, 2.05) is 24.3 Å². The molecule has 2 N–H and O–H groups in total. The Kier molecular flexibility index (Phi) is 6.82. The van der Waals surface area contributed by atoms with Gasteiger partial charge in [0, 0.05) is 31.9 Å². The highest BCUT2D eigenvalue weighted by molar-refractivity contribution is 5.95. The summed E-state index contributed by atoms with van der Waals surface area (Å²) in [4.78, 5) is 23.9. The van der Waals surface area contributed by atoms with Crippen LogP contribution in [-0.2, 0) is 18.0 Å². The summed E-state index contributed by atoms with van der Waals surface area (Å²) in [5, 5.41) is 8.43. The minimum atomic E-state index is -4.71. The van der Waals surface area contributed by atoms with Crippen molar-refractivity contribution in [3.63, 3.8) is 0 Å². The second-order valence-corrected chi connectivity index (χ2v) is 6.75. The Morgan fingerprint density at radius 1 is 1.18 bits per heavy atom. The number of alkyl halides is 3. The molecule has 0 aliphatic heterocycles. The van der Waals surface area contributed by atoms with Crippen molar-refractivity contribution in [1.29, 1.82) is 0 Å². The summed E-state index contributed by atoms with van der Waals surface area (Å²) in [7, 11) is 1.31. The van der Waals surface area contributed by atoms with E-state index >= 15 is 0 Å². The Bertz CT molecular complexity index is 827. The summed E-state index contributed by atoms with van der Waals surface area (Å²) in [5.74, 6) is -0.708. The molecule has 2 amide bonds. The van der Waals surface area contributed by atoms with Crippen LogP contribution in [0.4, 0.5) is 18.9 Å². The first-order valence-electron chi connectivity index (χ1n) is 8.86. The molecule has 0 unspecified atom stereocenters. The molecule has 152 valence electrons. The van der Waals surface area contributed by atoms with Crippen LogP contribution in [0.3, 0.4) is 0 Å². The maximum atomic E-state index is 12.9. The topological polar surface area (TPSA) is 76.0 Å². The molecule has 0 fully saturated rings. The van der Waals surface area contributed by atoms with Crippen molar-refractivity contribution in [3.05, 3.63) is 47.3 Å². The monoisotopic (exact) mass is 396 g/mol. The number of carbonyl (C=O) groups is 2. The van der Waals surface area contributed by atoms with Gasteiger partial charge in [-0.1, -0.05) is 26.0 Å². The quantitative estimate of drug-likeness (QED) is 0.701. The zero-order valence-corrected chi connectivity index (χ0v) is 15.9. The number of amides is 2. The van der Waals surface area contributed by atoms with E-state index in [4.69, 9.17) is 0 Å². The Balaban J connectivity index is 1.79. The van der Waals surface area contributed by atoms with Crippen LogP contribution in [0.2, 0.25) is 0 Å². The minimum Gasteiger partial charge on any atom is -0.352 e. The molecule has 0 spiro atoms. The van der Waals surface area contributed by atoms with Gasteiger partial charge in [-0.25, -0.2) is 0 Å². The highest BCUT2D eigenvalue weighted by atomic mass is 19.4. The lowest BCUT2D eigenvalue weighted by Gasteiger charge is -2.09. The summed E-state index contributed by atoms with van der Waals surface area (Å²) in [6.07, 6.45) is -3.26. The molecule has 0 bridgehead atoms. The zero-order valence-electron chi connectivity index (χ0n) is 15.9. The highest BCUT2D eigenvalue weighted by Gasteiger charge is 2.38. The standard InChI is InChI=1S/C19H23F3N4O2/c1-12(2)13-6-8-14(9-7-13)24-16(27)5-4-10-23-18(28)15-11-26(3)25-17(15)19(20,21)22/h6-9,11-12H,4-5,10H2,1-3H3,(H,23,28)(H,24,27). The first-order chi connectivity index (χ1) is 13.1. The van der Waals surface area contributed by atoms with Gasteiger partial charge in [0.15, 0.2) is 5.69 Å². The molecule has 2 aromatic rings. The second-order valence-electron chi connectivity index (χ2n) is 6.75. The van der Waals surface area contributed by atoms with E-state index in [-0.39, 0.29) is 18.9 Å². The molecule has 1 aromatic heterocycles. The molecule has 1 heterocycles. The fourth-order valence-corrected chi connectivity index (χ4v) is 2.58. The molecule has 0 aliphatic carbocycles. The predicted molar refractivity (Wildman–Crippen MR) is 98.9 cm³/mol. The van der Waals surface area contributed by atoms with E-state index in [2.05, 4.69) is 29.6 Å². The van der Waals surface area contributed by atoms with E-state index in [9.17, 15) is 22.8 Å². The molecule has 0 aliphatic rings. The Hall–Kier alpha value is -2.84. The van der Waals surface area contributed by atoms with Gasteiger partial charge in [0.05, 0.1) is 5.56 Å². The van der Waals surface area contributed by atoms with Gasteiger partial charge in [-0.2, -0.15) is 18.3 Å². The van der Waals surface area contributed by atoms with Crippen molar-refractivity contribution < 1.29 is 22.8 Å². The van der Waals surface area contributed by atoms with Crippen LogP contribution in [0, 0.1) is 0 Å². The van der Waals surface area contributed by atoms with E-state index < -0.39 is 23.3 Å². The number of hydrogen-bond acceptors (Lipinski definition) is 3. The Morgan fingerprint density at radius 2 is 1.82 bits per heavy atom. The summed E-state index contributed by atoms with van der Waals surface area (Å²) < 4.78 is 39.6. The Morgan fingerprint density at radius 3 is 2.39 bits per heavy atom. The molecule has 28 heavy (non-hydrogen) atoms. The first-order valence-corrected chi connectivity index (χ1v) is 8.86. The average molecular weight is 396 g/mol. The lowest BCUT2D eigenvalue weighted by Crippen LogP contribution is -2.27. The lowest BCUT2D eigenvalue weighted by molar-refractivity contribution is -0.141. The minimum absolute atomic E-state index is 0.0741. The normalized spacial score (nSPS) is 11.5. The van der Waals surface area contributed by atoms with Crippen LogP contribution in [0.1, 0.15) is 54.2 Å². The number of halogens is 3. The maximum Gasteiger partial charge on any atom is 0.435 e. The van der Waals surface area contributed by atoms with Crippen LogP contribution < -0.4 is 10.6 Å². The molecule has 0 saturated carbocycles. The molecule has 0 radical (unpaired) electrons. The fraction of sp³-hybridized carbons (Fsp3) is 0.421. The number of nitrogens with one attached hydrogen (secondary N) is 2. The Labute approximate surface area is 161 Å². The number of hydrogen-bond donors (Lipinski definition) is 2. The summed E-state index contributed by atoms with van der Waals surface area (Å²) in [6, 6.07) is 7.51. The molecule has 1 aromatic carbocycles. The van der Waals surface area contributed by atoms with Gasteiger partial charge in [-0.05, 0) is 30.0 Å². The number of carbonyl (C=O) groups excluding carboxylic acids is 2. The largest absolute Gasteiger partial charge is 0.435 e. The summed E-state index contributed by atoms with van der Waals surface area (Å²) in [6.45, 7) is 4.22. The molecule has 0 atom stereocenters. The second kappa shape index (κ2) is 8.90. The van der Waals surface area contributed by atoms with Gasteiger partial charge in [0.1, 0.15) is 0 Å². The van der Waals surface area contributed by atoms with Gasteiger partial charge in [0.25, 0.3) is 5.91 Å². The average Bonchev–Trinajstić information content (AvgIpc) is 3.01. The van der Waals surface area contributed by atoms with Crippen molar-refractivity contribution in [2.75, 3.05) is 11.9 Å². The summed E-state index contributed by atoms with van der Waals surface area (Å²) >= 11 is 0. The van der Waals surface area contributed by atoms with E-state index in [0.29, 0.717) is 18.0 Å². The van der Waals surface area contributed by atoms with Crippen LogP contribution >= 0.6 is 0 Å². The van der Waals surface area contributed by atoms with Crippen LogP contribution in [-0.4, -0.2) is 28.1 Å². The van der Waals surface area contributed by atoms with Gasteiger partial charge in [-0.3, -0.25) is 14.3 Å². The van der Waals surface area contributed by atoms with E-state index in [1.54, 1.807) is 0 Å². The van der Waals surface area contributed by atoms with Crippen molar-refractivity contribution >= 4 is 17.5 Å². The third kappa shape index (κ3) is 5.83. The van der Waals surface area contributed by atoms with Gasteiger partial charge in [0.2, 0.25) is 5.91 Å². The number of benzene rings is 1. The van der Waals surface area contributed by atoms with Gasteiger partial charge < -0.3 is 10.6 Å². The smallest absolute Gasteiger partial charge is 0.352 e. The molecular weight excluding hydrogens is 373 g/mol. The number of anilines is 1. The van der Waals surface area contributed by atoms with Crippen molar-refractivity contribution in [1.82, 2.24) is 15.1 Å². The van der Waals surface area contributed by atoms with Crippen molar-refractivity contribution in [3.8, 4) is 0 Å². The molecule has 6 nitrogen and oxygen atoms in total. The van der Waals surface area contributed by atoms with Gasteiger partial charge >= 0.3 is 6.18 Å². The lowest BCUT2D eigenvalue weighted by atomic mass is 10.0. The SMILES string of the molecule is CC(C)c1ccc(NC(=O)CCCNC(=O)c2cn(C)nc2C(F)(F)F)cc1. The third-order valence-electron chi connectivity index (χ3n) is 4.07. The van der Waals surface area contributed by atoms with Gasteiger partial charge in [-0.15, -0.1) is 0 Å². The van der Waals surface area contributed by atoms with Crippen molar-refractivity contribution in [2.24, 2.45) is 7.05 Å². The zero-order chi connectivity index (χ0) is 20.9. The van der Waals surface area contributed by atoms with E-state index in [0.717, 1.165) is 16.4 Å². The van der Waals surface area contributed by atoms with Crippen LogP contribution in [0.25, 0.3) is 0 Å². The highest BCUT2D eigenvalue weighted by Crippen LogP contribution is 2.30. The fourth-order valence-electron chi connectivity index (χ4n) is 2.58. The summed E-state index contributed by atoms with van der Waals surface area (Å²) in [5.41, 5.74) is 0.0673.